The first-order valence-electron chi connectivity index (χ1n) is 6.53. The van der Waals surface area contributed by atoms with E-state index >= 15 is 0 Å². The third kappa shape index (κ3) is 2.97. The monoisotopic (exact) mass is 226 g/mol. The molecular formula is C13H26N2O. The Bertz CT molecular complexity index is 240. The van der Waals surface area contributed by atoms with Crippen molar-refractivity contribution in [3.8, 4) is 0 Å². The van der Waals surface area contributed by atoms with E-state index in [0.717, 1.165) is 6.54 Å². The van der Waals surface area contributed by atoms with Crippen molar-refractivity contribution in [1.29, 1.82) is 0 Å². The molecule has 0 heterocycles. The molecule has 1 amide bonds. The van der Waals surface area contributed by atoms with Crippen molar-refractivity contribution < 1.29 is 4.79 Å². The van der Waals surface area contributed by atoms with Crippen LogP contribution in [0.2, 0.25) is 0 Å². The van der Waals surface area contributed by atoms with Crippen LogP contribution >= 0.6 is 0 Å². The van der Waals surface area contributed by atoms with E-state index < -0.39 is 5.54 Å². The quantitative estimate of drug-likeness (QED) is 0.755. The Balaban J connectivity index is 2.45. The number of nitrogens with one attached hydrogen (secondary N) is 1. The van der Waals surface area contributed by atoms with Crippen molar-refractivity contribution >= 4 is 5.91 Å². The number of amides is 1. The fourth-order valence-electron chi connectivity index (χ4n) is 2.45. The predicted octanol–water partition coefficient (Wildman–Crippen LogP) is 2.20. The fraction of sp³-hybridized carbons (Fsp3) is 0.923. The van der Waals surface area contributed by atoms with Gasteiger partial charge in [-0.05, 0) is 31.1 Å². The molecule has 3 nitrogen and oxygen atoms in total. The second-order valence-corrected chi connectivity index (χ2v) is 5.56. The molecule has 1 rings (SSSR count). The summed E-state index contributed by atoms with van der Waals surface area (Å²) in [6.45, 7) is 6.99. The summed E-state index contributed by atoms with van der Waals surface area (Å²) in [5.74, 6) is 0.0191. The lowest BCUT2D eigenvalue weighted by Gasteiger charge is -2.29. The minimum absolute atomic E-state index is 0.0191. The van der Waals surface area contributed by atoms with Crippen LogP contribution in [-0.4, -0.2) is 18.0 Å². The smallest absolute Gasteiger partial charge is 0.240 e. The van der Waals surface area contributed by atoms with Crippen molar-refractivity contribution in [1.82, 2.24) is 5.32 Å². The normalized spacial score (nSPS) is 19.8. The molecule has 94 valence electrons. The molecule has 0 aliphatic heterocycles. The van der Waals surface area contributed by atoms with Gasteiger partial charge >= 0.3 is 0 Å². The van der Waals surface area contributed by atoms with E-state index in [9.17, 15) is 4.79 Å². The number of nitrogens with two attached hydrogens (primary N) is 1. The molecule has 1 saturated carbocycles. The molecule has 3 N–H and O–H groups in total. The number of rotatable bonds is 5. The molecule has 1 fully saturated rings. The molecule has 0 aromatic heterocycles. The van der Waals surface area contributed by atoms with E-state index in [1.54, 1.807) is 0 Å². The van der Waals surface area contributed by atoms with Crippen LogP contribution in [-0.2, 0) is 4.79 Å². The molecule has 0 bridgehead atoms. The van der Waals surface area contributed by atoms with Crippen LogP contribution in [0.3, 0.4) is 0 Å². The molecule has 0 atom stereocenters. The fourth-order valence-corrected chi connectivity index (χ4v) is 2.45. The van der Waals surface area contributed by atoms with Crippen molar-refractivity contribution in [3.05, 3.63) is 0 Å². The molecule has 0 radical (unpaired) electrons. The van der Waals surface area contributed by atoms with E-state index in [1.165, 1.54) is 25.7 Å². The van der Waals surface area contributed by atoms with Gasteiger partial charge in [0.25, 0.3) is 0 Å². The number of hydrogen-bond acceptors (Lipinski definition) is 2. The van der Waals surface area contributed by atoms with Crippen molar-refractivity contribution in [2.24, 2.45) is 11.1 Å². The highest BCUT2D eigenvalue weighted by molar-refractivity contribution is 5.85. The van der Waals surface area contributed by atoms with Crippen LogP contribution in [0, 0.1) is 5.41 Å². The highest BCUT2D eigenvalue weighted by atomic mass is 16.2. The van der Waals surface area contributed by atoms with E-state index in [2.05, 4.69) is 12.2 Å². The maximum absolute atomic E-state index is 12.0. The second-order valence-electron chi connectivity index (χ2n) is 5.56. The van der Waals surface area contributed by atoms with Crippen molar-refractivity contribution in [2.75, 3.05) is 6.54 Å². The average Bonchev–Trinajstić information content (AvgIpc) is 2.72. The van der Waals surface area contributed by atoms with Gasteiger partial charge in [0.15, 0.2) is 0 Å². The third-order valence-corrected chi connectivity index (χ3v) is 4.20. The van der Waals surface area contributed by atoms with Gasteiger partial charge in [-0.1, -0.05) is 33.6 Å². The molecule has 16 heavy (non-hydrogen) atoms. The molecule has 0 aromatic carbocycles. The number of carbonyl (C=O) groups is 1. The van der Waals surface area contributed by atoms with E-state index in [-0.39, 0.29) is 5.91 Å². The number of hydrogen-bond donors (Lipinski definition) is 2. The van der Waals surface area contributed by atoms with Gasteiger partial charge in [0.1, 0.15) is 0 Å². The zero-order chi connectivity index (χ0) is 12.2. The summed E-state index contributed by atoms with van der Waals surface area (Å²) < 4.78 is 0. The largest absolute Gasteiger partial charge is 0.354 e. The molecule has 0 aromatic rings. The first-order chi connectivity index (χ1) is 7.46. The predicted molar refractivity (Wildman–Crippen MR) is 67.1 cm³/mol. The second kappa shape index (κ2) is 5.17. The van der Waals surface area contributed by atoms with Gasteiger partial charge in [0.2, 0.25) is 5.91 Å². The zero-order valence-corrected chi connectivity index (χ0v) is 10.9. The first-order valence-corrected chi connectivity index (χ1v) is 6.53. The van der Waals surface area contributed by atoms with Crippen LogP contribution in [0.25, 0.3) is 0 Å². The average molecular weight is 226 g/mol. The number of carbonyl (C=O) groups excluding carboxylic acids is 1. The van der Waals surface area contributed by atoms with Gasteiger partial charge in [-0.2, -0.15) is 0 Å². The lowest BCUT2D eigenvalue weighted by Crippen LogP contribution is -2.54. The Morgan fingerprint density at radius 1 is 1.31 bits per heavy atom. The Morgan fingerprint density at radius 2 is 1.81 bits per heavy atom. The highest BCUT2D eigenvalue weighted by Crippen LogP contribution is 2.36. The van der Waals surface area contributed by atoms with Crippen molar-refractivity contribution in [2.45, 2.75) is 64.8 Å². The first kappa shape index (κ1) is 13.5. The Hall–Kier alpha value is -0.570. The van der Waals surface area contributed by atoms with Crippen LogP contribution < -0.4 is 11.1 Å². The van der Waals surface area contributed by atoms with E-state index in [0.29, 0.717) is 18.3 Å². The van der Waals surface area contributed by atoms with Gasteiger partial charge in [0, 0.05) is 6.54 Å². The molecule has 0 saturated heterocycles. The zero-order valence-electron chi connectivity index (χ0n) is 10.9. The van der Waals surface area contributed by atoms with Crippen LogP contribution in [0.5, 0.6) is 0 Å². The van der Waals surface area contributed by atoms with Gasteiger partial charge in [-0.15, -0.1) is 0 Å². The minimum atomic E-state index is -0.672. The standard InChI is InChI=1S/C13H26N2O/c1-4-13(14,5-2)11(16)15-10-12(3)8-6-7-9-12/h4-10,14H2,1-3H3,(H,15,16). The van der Waals surface area contributed by atoms with E-state index in [4.69, 9.17) is 5.73 Å². The highest BCUT2D eigenvalue weighted by Gasteiger charge is 2.33. The molecule has 0 spiro atoms. The Morgan fingerprint density at radius 3 is 2.25 bits per heavy atom. The van der Waals surface area contributed by atoms with Gasteiger partial charge in [-0.25, -0.2) is 0 Å². The van der Waals surface area contributed by atoms with Crippen LogP contribution in [0.4, 0.5) is 0 Å². The maximum Gasteiger partial charge on any atom is 0.240 e. The van der Waals surface area contributed by atoms with Gasteiger partial charge in [-0.3, -0.25) is 4.79 Å². The summed E-state index contributed by atoms with van der Waals surface area (Å²) in [6.07, 6.45) is 6.44. The minimum Gasteiger partial charge on any atom is -0.354 e. The molecule has 1 aliphatic rings. The summed E-state index contributed by atoms with van der Waals surface area (Å²) in [6, 6.07) is 0. The van der Waals surface area contributed by atoms with E-state index in [1.807, 2.05) is 13.8 Å². The molecule has 1 aliphatic carbocycles. The van der Waals surface area contributed by atoms with Crippen LogP contribution in [0.1, 0.15) is 59.3 Å². The molecule has 3 heteroatoms. The van der Waals surface area contributed by atoms with Gasteiger partial charge < -0.3 is 11.1 Å². The lowest BCUT2D eigenvalue weighted by atomic mass is 9.87. The topological polar surface area (TPSA) is 55.1 Å². The summed E-state index contributed by atoms with van der Waals surface area (Å²) >= 11 is 0. The van der Waals surface area contributed by atoms with Crippen LogP contribution in [0.15, 0.2) is 0 Å². The summed E-state index contributed by atoms with van der Waals surface area (Å²) in [5.41, 5.74) is 5.69. The maximum atomic E-state index is 12.0. The molecule has 0 unspecified atom stereocenters. The summed E-state index contributed by atoms with van der Waals surface area (Å²) in [4.78, 5) is 12.0. The Kier molecular flexibility index (Phi) is 4.36. The third-order valence-electron chi connectivity index (χ3n) is 4.20. The van der Waals surface area contributed by atoms with Crippen molar-refractivity contribution in [3.63, 3.8) is 0 Å². The Labute approximate surface area is 99.2 Å². The SMILES string of the molecule is CCC(N)(CC)C(=O)NCC1(C)CCCC1. The summed E-state index contributed by atoms with van der Waals surface area (Å²) in [7, 11) is 0. The summed E-state index contributed by atoms with van der Waals surface area (Å²) in [5, 5.41) is 3.04. The molecular weight excluding hydrogens is 200 g/mol. The lowest BCUT2D eigenvalue weighted by molar-refractivity contribution is -0.127. The van der Waals surface area contributed by atoms with Gasteiger partial charge in [0.05, 0.1) is 5.54 Å².